The first-order chi connectivity index (χ1) is 16.0. The van der Waals surface area contributed by atoms with Crippen LogP contribution in [0.4, 0.5) is 22.0 Å². The van der Waals surface area contributed by atoms with Crippen LogP contribution in [0.25, 0.3) is 11.1 Å². The average Bonchev–Trinajstić information content (AvgIpc) is 3.59. The monoisotopic (exact) mass is 500 g/mol. The van der Waals surface area contributed by atoms with Crippen LogP contribution in [0.2, 0.25) is 0 Å². The van der Waals surface area contributed by atoms with Crippen molar-refractivity contribution < 1.29 is 31.3 Å². The zero-order chi connectivity index (χ0) is 24.8. The Morgan fingerprint density at radius 1 is 1.18 bits per heavy atom. The fourth-order valence-electron chi connectivity index (χ4n) is 4.25. The number of nitrogens with zero attached hydrogens (tertiary/aromatic N) is 1. The van der Waals surface area contributed by atoms with Gasteiger partial charge in [0.1, 0.15) is 28.7 Å². The Bertz CT molecular complexity index is 1080. The second-order valence-corrected chi connectivity index (χ2v) is 10.6. The molecule has 1 N–H and O–H groups in total. The fourth-order valence-corrected chi connectivity index (χ4v) is 5.58. The van der Waals surface area contributed by atoms with E-state index in [2.05, 4.69) is 4.72 Å². The first kappa shape index (κ1) is 24.9. The molecule has 10 heteroatoms. The van der Waals surface area contributed by atoms with E-state index in [1.807, 2.05) is 0 Å². The molecule has 2 aromatic rings. The van der Waals surface area contributed by atoms with Gasteiger partial charge in [-0.2, -0.15) is 0 Å². The zero-order valence-corrected chi connectivity index (χ0v) is 19.5. The number of likely N-dealkylation sites (tertiary alicyclic amines) is 1. The topological polar surface area (TPSA) is 55.4 Å². The molecule has 34 heavy (non-hydrogen) atoms. The van der Waals surface area contributed by atoms with Crippen LogP contribution in [0, 0.1) is 23.4 Å². The lowest BCUT2D eigenvalue weighted by molar-refractivity contribution is -0.136. The van der Waals surface area contributed by atoms with E-state index in [1.165, 1.54) is 18.2 Å². The van der Waals surface area contributed by atoms with Gasteiger partial charge < -0.3 is 9.45 Å². The number of rotatable bonds is 7. The number of hydrogen-bond acceptors (Lipinski definition) is 3. The van der Waals surface area contributed by atoms with Gasteiger partial charge >= 0.3 is 0 Å². The Morgan fingerprint density at radius 2 is 1.88 bits per heavy atom. The molecule has 4 rings (SSSR count). The highest BCUT2D eigenvalue weighted by molar-refractivity contribution is 7.90. The van der Waals surface area contributed by atoms with Gasteiger partial charge in [-0.15, -0.1) is 4.72 Å². The first-order valence-corrected chi connectivity index (χ1v) is 12.3. The Hall–Kier alpha value is -2.17. The zero-order valence-electron chi connectivity index (χ0n) is 18.7. The van der Waals surface area contributed by atoms with Crippen LogP contribution in [0.15, 0.2) is 36.4 Å². The van der Waals surface area contributed by atoms with Crippen LogP contribution in [0.1, 0.15) is 32.3 Å². The number of nitrogens with one attached hydrogen (secondary N) is 1. The molecule has 4 nitrogen and oxygen atoms in total. The molecule has 1 amide bonds. The lowest BCUT2D eigenvalue weighted by atomic mass is 9.95. The highest BCUT2D eigenvalue weighted by Crippen LogP contribution is 2.38. The third-order valence-corrected chi connectivity index (χ3v) is 7.76. The number of amides is 1. The lowest BCUT2D eigenvalue weighted by Gasteiger charge is -2.30. The van der Waals surface area contributed by atoms with Crippen LogP contribution in [0.3, 0.4) is 0 Å². The summed E-state index contributed by atoms with van der Waals surface area (Å²) >= 11 is -1.71. The summed E-state index contributed by atoms with van der Waals surface area (Å²) in [5, 5.41) is -0.220. The third kappa shape index (κ3) is 4.94. The van der Waals surface area contributed by atoms with Crippen molar-refractivity contribution in [3.05, 3.63) is 59.4 Å². The molecule has 184 valence electrons. The second kappa shape index (κ2) is 9.47. The third-order valence-electron chi connectivity index (χ3n) is 6.19. The van der Waals surface area contributed by atoms with Crippen LogP contribution < -0.4 is 4.72 Å². The molecular formula is C24H25F5N2O2S. The van der Waals surface area contributed by atoms with Gasteiger partial charge in [0, 0.05) is 41.2 Å². The van der Waals surface area contributed by atoms with E-state index in [-0.39, 0.29) is 28.4 Å². The predicted molar refractivity (Wildman–Crippen MR) is 119 cm³/mol. The summed E-state index contributed by atoms with van der Waals surface area (Å²) in [6, 6.07) is 3.87. The van der Waals surface area contributed by atoms with Crippen molar-refractivity contribution in [2.24, 2.45) is 5.92 Å². The molecule has 1 aliphatic heterocycles. The molecule has 1 saturated heterocycles. The summed E-state index contributed by atoms with van der Waals surface area (Å²) in [7, 11) is 0. The van der Waals surface area contributed by atoms with E-state index in [9.17, 15) is 18.1 Å². The minimum absolute atomic E-state index is 0.0329. The Morgan fingerprint density at radius 3 is 2.53 bits per heavy atom. The molecule has 0 bridgehead atoms. The van der Waals surface area contributed by atoms with E-state index >= 15 is 13.2 Å². The molecule has 2 fully saturated rings. The molecule has 1 heterocycles. The van der Waals surface area contributed by atoms with Gasteiger partial charge in [-0.05, 0) is 30.2 Å². The number of carbonyl (C=O) groups excluding carboxylic acids is 1. The molecule has 0 spiro atoms. The van der Waals surface area contributed by atoms with E-state index in [1.54, 1.807) is 13.8 Å². The number of halogens is 5. The fraction of sp³-hybridized carbons (Fsp3) is 0.458. The SMILES string of the molecule is CC(C)C(=O)N1CC(F)(F)[C@H](N[S+]([O-])C2CC2)[C@@H]1Cc1cccc(-c2cc(F)ccc2F)c1F. The molecule has 0 aromatic heterocycles. The van der Waals surface area contributed by atoms with Gasteiger partial charge in [0.15, 0.2) is 0 Å². The van der Waals surface area contributed by atoms with Crippen molar-refractivity contribution in [1.82, 2.24) is 9.62 Å². The average molecular weight is 501 g/mol. The largest absolute Gasteiger partial charge is 0.598 e. The van der Waals surface area contributed by atoms with Crippen molar-refractivity contribution >= 4 is 17.3 Å². The van der Waals surface area contributed by atoms with Gasteiger partial charge in [-0.3, -0.25) is 4.79 Å². The van der Waals surface area contributed by atoms with Crippen molar-refractivity contribution in [2.75, 3.05) is 6.54 Å². The summed E-state index contributed by atoms with van der Waals surface area (Å²) in [6.45, 7) is 2.27. The van der Waals surface area contributed by atoms with E-state index in [0.717, 1.165) is 23.1 Å². The number of benzene rings is 2. The van der Waals surface area contributed by atoms with Crippen molar-refractivity contribution in [3.63, 3.8) is 0 Å². The van der Waals surface area contributed by atoms with E-state index < -0.39 is 65.2 Å². The van der Waals surface area contributed by atoms with Gasteiger partial charge in [0.25, 0.3) is 5.92 Å². The Kier molecular flexibility index (Phi) is 6.94. The lowest BCUT2D eigenvalue weighted by Crippen LogP contribution is -2.53. The number of hydrogen-bond donors (Lipinski definition) is 1. The maximum Gasteiger partial charge on any atom is 0.286 e. The molecule has 1 aliphatic carbocycles. The minimum atomic E-state index is -3.39. The summed E-state index contributed by atoms with van der Waals surface area (Å²) in [4.78, 5) is 13.8. The number of alkyl halides is 2. The van der Waals surface area contributed by atoms with E-state index in [4.69, 9.17) is 0 Å². The summed E-state index contributed by atoms with van der Waals surface area (Å²) in [5.74, 6) is -6.97. The van der Waals surface area contributed by atoms with Crippen molar-refractivity contribution in [1.29, 1.82) is 0 Å². The van der Waals surface area contributed by atoms with Gasteiger partial charge in [0.2, 0.25) is 5.91 Å². The van der Waals surface area contributed by atoms with Crippen molar-refractivity contribution in [2.45, 2.75) is 56.4 Å². The predicted octanol–water partition coefficient (Wildman–Crippen LogP) is 4.60. The maximum atomic E-state index is 15.5. The van der Waals surface area contributed by atoms with E-state index in [0.29, 0.717) is 12.8 Å². The summed E-state index contributed by atoms with van der Waals surface area (Å²) in [5.41, 5.74) is -0.544. The molecule has 2 aromatic carbocycles. The van der Waals surface area contributed by atoms with Gasteiger partial charge in [0.05, 0.1) is 12.6 Å². The standard InChI is InChI=1S/C24H25F5N2O2S/c1-13(2)23(32)31-12-24(28,29)22(30-34(33)16-7-8-16)20(31)10-14-4-3-5-17(21(14)27)18-11-15(25)6-9-19(18)26/h3-6,9,11,13,16,20,22,30H,7-8,10,12H2,1-2H3/t20-,22+,34?/m0/s1. The molecule has 1 saturated carbocycles. The van der Waals surface area contributed by atoms with Crippen LogP contribution >= 0.6 is 0 Å². The van der Waals surface area contributed by atoms with Crippen LogP contribution in [0.5, 0.6) is 0 Å². The van der Waals surface area contributed by atoms with Crippen molar-refractivity contribution in [3.8, 4) is 11.1 Å². The second-order valence-electron chi connectivity index (χ2n) is 9.15. The highest BCUT2D eigenvalue weighted by atomic mass is 32.2. The Balaban J connectivity index is 1.71. The Labute approximate surface area is 197 Å². The maximum absolute atomic E-state index is 15.5. The van der Waals surface area contributed by atoms with Crippen LogP contribution in [-0.4, -0.2) is 45.2 Å². The van der Waals surface area contributed by atoms with Gasteiger partial charge in [-0.25, -0.2) is 22.0 Å². The first-order valence-electron chi connectivity index (χ1n) is 11.1. The quantitative estimate of drug-likeness (QED) is 0.447. The number of carbonyl (C=O) groups is 1. The summed E-state index contributed by atoms with van der Waals surface area (Å²) in [6.07, 6.45) is 1.00. The van der Waals surface area contributed by atoms with Crippen LogP contribution in [-0.2, 0) is 22.6 Å². The van der Waals surface area contributed by atoms with Gasteiger partial charge in [-0.1, -0.05) is 32.0 Å². The normalized spacial score (nSPS) is 22.9. The molecule has 0 radical (unpaired) electrons. The molecule has 2 aliphatic rings. The molecule has 3 atom stereocenters. The molecular weight excluding hydrogens is 475 g/mol. The molecule has 1 unspecified atom stereocenters. The highest BCUT2D eigenvalue weighted by Gasteiger charge is 2.58. The summed E-state index contributed by atoms with van der Waals surface area (Å²) < 4.78 is 88.5. The smallest absolute Gasteiger partial charge is 0.286 e. The minimum Gasteiger partial charge on any atom is -0.598 e.